The lowest BCUT2D eigenvalue weighted by Gasteiger charge is -2.07. The Morgan fingerprint density at radius 1 is 1.33 bits per heavy atom. The highest BCUT2D eigenvalue weighted by atomic mass is 16.5. The molecule has 0 unspecified atom stereocenters. The van der Waals surface area contributed by atoms with E-state index < -0.39 is 0 Å². The molecule has 1 heterocycles. The van der Waals surface area contributed by atoms with Gasteiger partial charge in [-0.05, 0) is 38.2 Å². The van der Waals surface area contributed by atoms with Gasteiger partial charge in [-0.2, -0.15) is 5.26 Å². The van der Waals surface area contributed by atoms with Crippen molar-refractivity contribution >= 4 is 5.88 Å². The summed E-state index contributed by atoms with van der Waals surface area (Å²) in [5.74, 6) is 1.88. The fourth-order valence-corrected chi connectivity index (χ4v) is 2.82. The minimum atomic E-state index is 0.237. The van der Waals surface area contributed by atoms with Crippen molar-refractivity contribution < 1.29 is 9.15 Å². The molecular formula is C19H23N3O2. The summed E-state index contributed by atoms with van der Waals surface area (Å²) in [5, 5.41) is 12.4. The zero-order chi connectivity index (χ0) is 16.9. The lowest BCUT2D eigenvalue weighted by Crippen LogP contribution is -2.09. The molecule has 126 valence electrons. The number of hydrogen-bond acceptors (Lipinski definition) is 5. The Kier molecular flexibility index (Phi) is 5.17. The summed E-state index contributed by atoms with van der Waals surface area (Å²) in [6.07, 6.45) is 2.12. The Morgan fingerprint density at radius 3 is 2.83 bits per heavy atom. The zero-order valence-corrected chi connectivity index (χ0v) is 14.2. The number of oxazole rings is 1. The molecule has 0 spiro atoms. The van der Waals surface area contributed by atoms with Gasteiger partial charge in [-0.1, -0.05) is 30.3 Å². The van der Waals surface area contributed by atoms with Crippen LogP contribution in [0.5, 0.6) is 0 Å². The minimum Gasteiger partial charge on any atom is -0.424 e. The molecule has 0 bridgehead atoms. The van der Waals surface area contributed by atoms with Crippen molar-refractivity contribution in [3.63, 3.8) is 0 Å². The summed E-state index contributed by atoms with van der Waals surface area (Å²) in [4.78, 5) is 4.37. The molecule has 1 aromatic heterocycles. The quantitative estimate of drug-likeness (QED) is 0.742. The SMILES string of the molecule is CC(C)OCCCNc1oc([C@@H]2C[C@H]2c2ccccc2)nc1C#N. The fraction of sp³-hybridized carbons (Fsp3) is 0.474. The van der Waals surface area contributed by atoms with Crippen LogP contribution in [0, 0.1) is 11.3 Å². The number of nitriles is 1. The van der Waals surface area contributed by atoms with Crippen LogP contribution in [0.3, 0.4) is 0 Å². The van der Waals surface area contributed by atoms with Gasteiger partial charge in [0.15, 0.2) is 0 Å². The summed E-state index contributed by atoms with van der Waals surface area (Å²) in [7, 11) is 0. The smallest absolute Gasteiger partial charge is 0.232 e. The van der Waals surface area contributed by atoms with Crippen molar-refractivity contribution in [3.05, 3.63) is 47.5 Å². The molecule has 1 aliphatic carbocycles. The van der Waals surface area contributed by atoms with Gasteiger partial charge in [0, 0.05) is 19.1 Å². The molecule has 5 nitrogen and oxygen atoms in total. The fourth-order valence-electron chi connectivity index (χ4n) is 2.82. The second-order valence-corrected chi connectivity index (χ2v) is 6.40. The number of anilines is 1. The first-order valence-electron chi connectivity index (χ1n) is 8.50. The molecule has 1 aromatic carbocycles. The van der Waals surface area contributed by atoms with Crippen LogP contribution >= 0.6 is 0 Å². The molecule has 24 heavy (non-hydrogen) atoms. The molecule has 2 aromatic rings. The second-order valence-electron chi connectivity index (χ2n) is 6.40. The third kappa shape index (κ3) is 3.95. The topological polar surface area (TPSA) is 71.1 Å². The van der Waals surface area contributed by atoms with E-state index in [-0.39, 0.29) is 12.0 Å². The van der Waals surface area contributed by atoms with Crippen molar-refractivity contribution in [2.45, 2.75) is 44.6 Å². The van der Waals surface area contributed by atoms with Crippen molar-refractivity contribution in [2.24, 2.45) is 0 Å². The van der Waals surface area contributed by atoms with Crippen LogP contribution in [0.25, 0.3) is 0 Å². The van der Waals surface area contributed by atoms with E-state index in [0.717, 1.165) is 12.8 Å². The molecule has 5 heteroatoms. The van der Waals surface area contributed by atoms with E-state index in [9.17, 15) is 5.26 Å². The molecular weight excluding hydrogens is 302 g/mol. The largest absolute Gasteiger partial charge is 0.424 e. The number of benzene rings is 1. The Morgan fingerprint density at radius 2 is 2.12 bits per heavy atom. The normalized spacial score (nSPS) is 19.2. The van der Waals surface area contributed by atoms with Crippen LogP contribution in [0.15, 0.2) is 34.7 Å². The molecule has 0 saturated heterocycles. The van der Waals surface area contributed by atoms with E-state index in [0.29, 0.717) is 36.5 Å². The summed E-state index contributed by atoms with van der Waals surface area (Å²) in [6, 6.07) is 12.5. The van der Waals surface area contributed by atoms with Gasteiger partial charge in [0.2, 0.25) is 17.5 Å². The Hall–Kier alpha value is -2.32. The van der Waals surface area contributed by atoms with E-state index in [4.69, 9.17) is 9.15 Å². The van der Waals surface area contributed by atoms with E-state index >= 15 is 0 Å². The van der Waals surface area contributed by atoms with E-state index in [1.807, 2.05) is 32.0 Å². The first-order chi connectivity index (χ1) is 11.7. The maximum atomic E-state index is 9.26. The van der Waals surface area contributed by atoms with E-state index in [1.54, 1.807) is 0 Å². The van der Waals surface area contributed by atoms with E-state index in [2.05, 4.69) is 28.5 Å². The highest BCUT2D eigenvalue weighted by Gasteiger charge is 2.43. The van der Waals surface area contributed by atoms with Gasteiger partial charge in [-0.3, -0.25) is 0 Å². The molecule has 1 fully saturated rings. The minimum absolute atomic E-state index is 0.237. The van der Waals surface area contributed by atoms with Crippen LogP contribution in [-0.2, 0) is 4.74 Å². The highest BCUT2D eigenvalue weighted by molar-refractivity contribution is 5.46. The predicted molar refractivity (Wildman–Crippen MR) is 92.0 cm³/mol. The molecule has 2 atom stereocenters. The van der Waals surface area contributed by atoms with Gasteiger partial charge >= 0.3 is 0 Å². The highest BCUT2D eigenvalue weighted by Crippen LogP contribution is 2.54. The first-order valence-corrected chi connectivity index (χ1v) is 8.50. The number of rotatable bonds is 8. The lowest BCUT2D eigenvalue weighted by atomic mass is 10.1. The van der Waals surface area contributed by atoms with Gasteiger partial charge in [0.1, 0.15) is 6.07 Å². The maximum absolute atomic E-state index is 9.26. The van der Waals surface area contributed by atoms with Crippen LogP contribution in [-0.4, -0.2) is 24.2 Å². The molecule has 3 rings (SSSR count). The molecule has 0 aliphatic heterocycles. The van der Waals surface area contributed by atoms with Crippen LogP contribution < -0.4 is 5.32 Å². The summed E-state index contributed by atoms with van der Waals surface area (Å²) in [5.41, 5.74) is 1.65. The number of nitrogens with zero attached hydrogens (tertiary/aromatic N) is 2. The summed E-state index contributed by atoms with van der Waals surface area (Å²) < 4.78 is 11.3. The van der Waals surface area contributed by atoms with Crippen molar-refractivity contribution in [1.29, 1.82) is 5.26 Å². The number of nitrogens with one attached hydrogen (secondary N) is 1. The van der Waals surface area contributed by atoms with Crippen LogP contribution in [0.1, 0.15) is 55.7 Å². The average molecular weight is 325 g/mol. The van der Waals surface area contributed by atoms with Crippen LogP contribution in [0.4, 0.5) is 5.88 Å². The van der Waals surface area contributed by atoms with Gasteiger partial charge in [-0.25, -0.2) is 4.98 Å². The maximum Gasteiger partial charge on any atom is 0.232 e. The lowest BCUT2D eigenvalue weighted by molar-refractivity contribution is 0.0786. The Balaban J connectivity index is 1.57. The Bertz CT molecular complexity index is 703. The van der Waals surface area contributed by atoms with Gasteiger partial charge in [0.25, 0.3) is 0 Å². The summed E-state index contributed by atoms with van der Waals surface area (Å²) >= 11 is 0. The molecule has 0 amide bonds. The standard InChI is InChI=1S/C19H23N3O2/c1-13(2)23-10-6-9-21-19-17(12-20)22-18(24-19)16-11-15(16)14-7-4-3-5-8-14/h3-5,7-8,13,15-16,21H,6,9-11H2,1-2H3/t15-,16+/m0/s1. The summed E-state index contributed by atoms with van der Waals surface area (Å²) in [6.45, 7) is 5.42. The molecule has 1 N–H and O–H groups in total. The monoisotopic (exact) mass is 325 g/mol. The molecule has 1 aliphatic rings. The van der Waals surface area contributed by atoms with Crippen LogP contribution in [0.2, 0.25) is 0 Å². The first kappa shape index (κ1) is 16.5. The zero-order valence-electron chi connectivity index (χ0n) is 14.2. The number of ether oxygens (including phenoxy) is 1. The third-order valence-corrected chi connectivity index (χ3v) is 4.14. The number of hydrogen-bond donors (Lipinski definition) is 1. The van der Waals surface area contributed by atoms with Crippen molar-refractivity contribution in [2.75, 3.05) is 18.5 Å². The van der Waals surface area contributed by atoms with Gasteiger partial charge in [0.05, 0.1) is 6.10 Å². The third-order valence-electron chi connectivity index (χ3n) is 4.14. The van der Waals surface area contributed by atoms with E-state index in [1.165, 1.54) is 5.56 Å². The van der Waals surface area contributed by atoms with Gasteiger partial charge in [-0.15, -0.1) is 0 Å². The number of aromatic nitrogens is 1. The second kappa shape index (κ2) is 7.50. The van der Waals surface area contributed by atoms with Crippen molar-refractivity contribution in [3.8, 4) is 6.07 Å². The van der Waals surface area contributed by atoms with Gasteiger partial charge < -0.3 is 14.5 Å². The van der Waals surface area contributed by atoms with Crippen molar-refractivity contribution in [1.82, 2.24) is 4.98 Å². The average Bonchev–Trinajstić information content (AvgIpc) is 3.29. The Labute approximate surface area is 142 Å². The predicted octanol–water partition coefficient (Wildman–Crippen LogP) is 4.04. The molecule has 1 saturated carbocycles. The molecule has 0 radical (unpaired) electrons.